The molecule has 1 saturated heterocycles. The van der Waals surface area contributed by atoms with Crippen LogP contribution in [0.1, 0.15) is 36.0 Å². The summed E-state index contributed by atoms with van der Waals surface area (Å²) in [6.07, 6.45) is 4.19. The molecule has 6 heteroatoms. The highest BCUT2D eigenvalue weighted by atomic mass is 127. The van der Waals surface area contributed by atoms with Crippen molar-refractivity contribution in [1.29, 1.82) is 0 Å². The predicted molar refractivity (Wildman–Crippen MR) is 93.8 cm³/mol. The third-order valence-corrected chi connectivity index (χ3v) is 4.72. The molecule has 1 unspecified atom stereocenters. The van der Waals surface area contributed by atoms with Gasteiger partial charge in [-0.05, 0) is 73.0 Å². The minimum atomic E-state index is 0. The number of hydrogen-bond acceptors (Lipinski definition) is 2. The minimum absolute atomic E-state index is 0. The zero-order valence-electron chi connectivity index (χ0n) is 11.1. The van der Waals surface area contributed by atoms with Gasteiger partial charge in [0, 0.05) is 21.2 Å². The number of halogens is 3. The van der Waals surface area contributed by atoms with Gasteiger partial charge in [-0.3, -0.25) is 4.79 Å². The maximum Gasteiger partial charge on any atom is 0.255 e. The molecule has 3 nitrogen and oxygen atoms in total. The van der Waals surface area contributed by atoms with Crippen LogP contribution >= 0.6 is 46.6 Å². The fourth-order valence-corrected chi connectivity index (χ4v) is 3.31. The van der Waals surface area contributed by atoms with E-state index in [0.717, 1.165) is 29.4 Å². The van der Waals surface area contributed by atoms with E-state index < -0.39 is 0 Å². The number of nitrogens with two attached hydrogens (primary N) is 1. The summed E-state index contributed by atoms with van der Waals surface area (Å²) in [4.78, 5) is 14.7. The summed E-state index contributed by atoms with van der Waals surface area (Å²) in [5, 5.41) is 0.608. The Bertz CT molecular complexity index is 468. The standard InChI is InChI=1S/C14H18ClIN2O.ClH/c15-10-4-5-13(16)12(9-10)14(19)18-8-2-1-3-11(18)6-7-17;/h4-5,9,11H,1-3,6-8,17H2;1H. The van der Waals surface area contributed by atoms with Crippen molar-refractivity contribution in [3.63, 3.8) is 0 Å². The fraction of sp³-hybridized carbons (Fsp3) is 0.500. The van der Waals surface area contributed by atoms with E-state index in [0.29, 0.717) is 17.1 Å². The minimum Gasteiger partial charge on any atom is -0.336 e. The lowest BCUT2D eigenvalue weighted by atomic mass is 9.98. The first-order chi connectivity index (χ1) is 9.13. The molecule has 20 heavy (non-hydrogen) atoms. The number of carbonyl (C=O) groups is 1. The summed E-state index contributed by atoms with van der Waals surface area (Å²) in [6.45, 7) is 1.45. The van der Waals surface area contributed by atoms with Crippen molar-refractivity contribution in [3.8, 4) is 0 Å². The second-order valence-corrected chi connectivity index (χ2v) is 6.45. The largest absolute Gasteiger partial charge is 0.336 e. The van der Waals surface area contributed by atoms with Crippen molar-refractivity contribution in [2.45, 2.75) is 31.7 Å². The van der Waals surface area contributed by atoms with Gasteiger partial charge >= 0.3 is 0 Å². The average Bonchev–Trinajstić information content (AvgIpc) is 2.42. The van der Waals surface area contributed by atoms with Crippen LogP contribution in [0, 0.1) is 3.57 Å². The predicted octanol–water partition coefficient (Wildman–Crippen LogP) is 3.71. The second kappa shape index (κ2) is 8.41. The molecule has 2 N–H and O–H groups in total. The molecule has 0 aliphatic carbocycles. The number of rotatable bonds is 3. The first-order valence-electron chi connectivity index (χ1n) is 6.59. The Hall–Kier alpha value is -0.0400. The van der Waals surface area contributed by atoms with Crippen LogP contribution in [0.15, 0.2) is 18.2 Å². The number of amides is 1. The quantitative estimate of drug-likeness (QED) is 0.746. The number of piperidine rings is 1. The van der Waals surface area contributed by atoms with Gasteiger partial charge in [-0.2, -0.15) is 0 Å². The molecule has 0 bridgehead atoms. The fourth-order valence-electron chi connectivity index (χ4n) is 2.58. The van der Waals surface area contributed by atoms with Crippen LogP contribution in [-0.2, 0) is 0 Å². The molecule has 1 aliphatic rings. The molecule has 1 aromatic carbocycles. The highest BCUT2D eigenvalue weighted by Crippen LogP contribution is 2.25. The number of nitrogens with zero attached hydrogens (tertiary/aromatic N) is 1. The van der Waals surface area contributed by atoms with E-state index in [2.05, 4.69) is 22.6 Å². The maximum absolute atomic E-state index is 12.7. The first kappa shape index (κ1) is 18.0. The third-order valence-electron chi connectivity index (χ3n) is 3.55. The van der Waals surface area contributed by atoms with Crippen LogP contribution in [-0.4, -0.2) is 29.9 Å². The molecule has 0 radical (unpaired) electrons. The van der Waals surface area contributed by atoms with Crippen molar-refractivity contribution in [2.24, 2.45) is 5.73 Å². The molecule has 1 fully saturated rings. The van der Waals surface area contributed by atoms with E-state index in [-0.39, 0.29) is 24.4 Å². The zero-order chi connectivity index (χ0) is 13.8. The third kappa shape index (κ3) is 4.23. The molecule has 2 rings (SSSR count). The Morgan fingerprint density at radius 2 is 2.20 bits per heavy atom. The Morgan fingerprint density at radius 1 is 1.45 bits per heavy atom. The summed E-state index contributed by atoms with van der Waals surface area (Å²) in [5.74, 6) is 0.0880. The zero-order valence-corrected chi connectivity index (χ0v) is 14.9. The van der Waals surface area contributed by atoms with E-state index in [1.54, 1.807) is 6.07 Å². The van der Waals surface area contributed by atoms with Crippen LogP contribution in [0.5, 0.6) is 0 Å². The van der Waals surface area contributed by atoms with Gasteiger partial charge in [-0.25, -0.2) is 0 Å². The summed E-state index contributed by atoms with van der Waals surface area (Å²) in [6, 6.07) is 5.74. The maximum atomic E-state index is 12.7. The normalized spacial score (nSPS) is 18.6. The molecule has 1 atom stereocenters. The Kier molecular flexibility index (Phi) is 7.58. The van der Waals surface area contributed by atoms with Crippen molar-refractivity contribution in [3.05, 3.63) is 32.4 Å². The van der Waals surface area contributed by atoms with Crippen LogP contribution in [0.4, 0.5) is 0 Å². The monoisotopic (exact) mass is 428 g/mol. The van der Waals surface area contributed by atoms with Crippen molar-refractivity contribution in [1.82, 2.24) is 4.90 Å². The number of benzene rings is 1. The highest BCUT2D eigenvalue weighted by molar-refractivity contribution is 14.1. The molecule has 112 valence electrons. The van der Waals surface area contributed by atoms with Gasteiger partial charge in [0.2, 0.25) is 0 Å². The average molecular weight is 429 g/mol. The van der Waals surface area contributed by atoms with Gasteiger partial charge in [0.1, 0.15) is 0 Å². The van der Waals surface area contributed by atoms with Gasteiger partial charge in [0.05, 0.1) is 5.56 Å². The van der Waals surface area contributed by atoms with E-state index in [4.69, 9.17) is 17.3 Å². The summed E-state index contributed by atoms with van der Waals surface area (Å²) in [5.41, 5.74) is 6.36. The van der Waals surface area contributed by atoms with Gasteiger partial charge < -0.3 is 10.6 Å². The van der Waals surface area contributed by atoms with Gasteiger partial charge in [0.15, 0.2) is 0 Å². The van der Waals surface area contributed by atoms with Crippen LogP contribution in [0.25, 0.3) is 0 Å². The Labute approximate surface area is 144 Å². The number of carbonyl (C=O) groups excluding carboxylic acids is 1. The molecule has 0 aromatic heterocycles. The van der Waals surface area contributed by atoms with Crippen LogP contribution < -0.4 is 5.73 Å². The highest BCUT2D eigenvalue weighted by Gasteiger charge is 2.27. The molecule has 1 heterocycles. The molecule has 1 aliphatic heterocycles. The second-order valence-electron chi connectivity index (χ2n) is 4.85. The smallest absolute Gasteiger partial charge is 0.255 e. The lowest BCUT2D eigenvalue weighted by Gasteiger charge is -2.36. The van der Waals surface area contributed by atoms with E-state index in [1.165, 1.54) is 6.42 Å². The van der Waals surface area contributed by atoms with E-state index in [9.17, 15) is 4.79 Å². The van der Waals surface area contributed by atoms with E-state index >= 15 is 0 Å². The molecular weight excluding hydrogens is 410 g/mol. The molecule has 1 amide bonds. The first-order valence-corrected chi connectivity index (χ1v) is 8.05. The topological polar surface area (TPSA) is 46.3 Å². The molecule has 0 saturated carbocycles. The van der Waals surface area contributed by atoms with Gasteiger partial charge in [0.25, 0.3) is 5.91 Å². The summed E-state index contributed by atoms with van der Waals surface area (Å²) in [7, 11) is 0. The van der Waals surface area contributed by atoms with Gasteiger partial charge in [-0.15, -0.1) is 12.4 Å². The van der Waals surface area contributed by atoms with Crippen molar-refractivity contribution in [2.75, 3.05) is 13.1 Å². The number of hydrogen-bond donors (Lipinski definition) is 1. The Morgan fingerprint density at radius 3 is 2.90 bits per heavy atom. The lowest BCUT2D eigenvalue weighted by Crippen LogP contribution is -2.44. The molecule has 1 aromatic rings. The van der Waals surface area contributed by atoms with Crippen LogP contribution in [0.2, 0.25) is 5.02 Å². The Balaban J connectivity index is 0.00000200. The van der Waals surface area contributed by atoms with Crippen molar-refractivity contribution >= 4 is 52.5 Å². The van der Waals surface area contributed by atoms with Gasteiger partial charge in [-0.1, -0.05) is 11.6 Å². The molecular formula is C14H19Cl2IN2O. The van der Waals surface area contributed by atoms with E-state index in [1.807, 2.05) is 17.0 Å². The summed E-state index contributed by atoms with van der Waals surface area (Å²) < 4.78 is 0.948. The van der Waals surface area contributed by atoms with Crippen molar-refractivity contribution < 1.29 is 4.79 Å². The summed E-state index contributed by atoms with van der Waals surface area (Å²) >= 11 is 8.19. The van der Waals surface area contributed by atoms with Crippen LogP contribution in [0.3, 0.4) is 0 Å². The SMILES string of the molecule is Cl.NCCC1CCCCN1C(=O)c1cc(Cl)ccc1I. The number of likely N-dealkylation sites (tertiary alicyclic amines) is 1. The lowest BCUT2D eigenvalue weighted by molar-refractivity contribution is 0.0604. The molecule has 0 spiro atoms.